The molecule has 0 fully saturated rings. The third kappa shape index (κ3) is 2.79. The van der Waals surface area contributed by atoms with Gasteiger partial charge in [-0.05, 0) is 55.5 Å². The van der Waals surface area contributed by atoms with E-state index in [1.165, 1.54) is 0 Å². The molecule has 5 rings (SSSR count). The molecule has 0 spiro atoms. The summed E-state index contributed by atoms with van der Waals surface area (Å²) in [5.74, 6) is 1.07. The van der Waals surface area contributed by atoms with Crippen molar-refractivity contribution in [3.8, 4) is 28.5 Å². The Morgan fingerprint density at radius 3 is 2.44 bits per heavy atom. The molecule has 0 unspecified atom stereocenters. The first kappa shape index (κ1) is 15.5. The molecule has 0 bridgehead atoms. The van der Waals surface area contributed by atoms with Gasteiger partial charge in [-0.2, -0.15) is 4.98 Å². The van der Waals surface area contributed by atoms with Gasteiger partial charge in [0.25, 0.3) is 5.89 Å². The predicted molar refractivity (Wildman–Crippen MR) is 105 cm³/mol. The van der Waals surface area contributed by atoms with Gasteiger partial charge < -0.3 is 9.09 Å². The van der Waals surface area contributed by atoms with E-state index < -0.39 is 0 Å². The lowest BCUT2D eigenvalue weighted by Crippen LogP contribution is -1.90. The van der Waals surface area contributed by atoms with Crippen molar-refractivity contribution in [2.75, 3.05) is 0 Å². The molecule has 5 heteroatoms. The lowest BCUT2D eigenvalue weighted by atomic mass is 10.1. The minimum atomic E-state index is 0.501. The number of nitrogens with zero attached hydrogens (tertiary/aromatic N) is 4. The van der Waals surface area contributed by atoms with Crippen molar-refractivity contribution in [2.24, 2.45) is 0 Å². The quantitative estimate of drug-likeness (QED) is 0.456. The van der Waals surface area contributed by atoms with Gasteiger partial charge in [-0.1, -0.05) is 23.4 Å². The van der Waals surface area contributed by atoms with Crippen LogP contribution in [0, 0.1) is 6.92 Å². The lowest BCUT2D eigenvalue weighted by molar-refractivity contribution is 0.432. The van der Waals surface area contributed by atoms with Crippen molar-refractivity contribution in [2.45, 2.75) is 6.92 Å². The van der Waals surface area contributed by atoms with Crippen LogP contribution in [0.15, 0.2) is 83.6 Å². The Morgan fingerprint density at radius 2 is 1.63 bits per heavy atom. The predicted octanol–water partition coefficient (Wildman–Crippen LogP) is 5.05. The molecule has 5 nitrogen and oxygen atoms in total. The number of rotatable bonds is 3. The van der Waals surface area contributed by atoms with Crippen molar-refractivity contribution in [3.05, 3.63) is 84.8 Å². The summed E-state index contributed by atoms with van der Waals surface area (Å²) < 4.78 is 7.63. The third-order valence-electron chi connectivity index (χ3n) is 4.53. The van der Waals surface area contributed by atoms with Crippen molar-refractivity contribution >= 4 is 10.9 Å². The largest absolute Gasteiger partial charge is 0.334 e. The lowest BCUT2D eigenvalue weighted by Gasteiger charge is -2.04. The van der Waals surface area contributed by atoms with Crippen molar-refractivity contribution < 1.29 is 4.52 Å². The van der Waals surface area contributed by atoms with E-state index in [-0.39, 0.29) is 0 Å². The molecule has 5 aromatic rings. The third-order valence-corrected chi connectivity index (χ3v) is 4.53. The number of aromatic nitrogens is 4. The Morgan fingerprint density at radius 1 is 0.852 bits per heavy atom. The molecule has 0 N–H and O–H groups in total. The second kappa shape index (κ2) is 6.21. The first-order chi connectivity index (χ1) is 13.3. The van der Waals surface area contributed by atoms with Crippen LogP contribution >= 0.6 is 0 Å². The van der Waals surface area contributed by atoms with Gasteiger partial charge in [0.2, 0.25) is 5.82 Å². The minimum Gasteiger partial charge on any atom is -0.334 e. The zero-order valence-electron chi connectivity index (χ0n) is 14.7. The molecule has 0 aliphatic carbocycles. The molecule has 0 aliphatic heterocycles. The smallest absolute Gasteiger partial charge is 0.258 e. The fourth-order valence-electron chi connectivity index (χ4n) is 3.22. The fraction of sp³-hybridized carbons (Fsp3) is 0.0455. The summed E-state index contributed by atoms with van der Waals surface area (Å²) in [6.07, 6.45) is 4.02. The Balaban J connectivity index is 1.54. The molecular formula is C22H16N4O. The number of hydrogen-bond donors (Lipinski definition) is 0. The fourth-order valence-corrected chi connectivity index (χ4v) is 3.22. The van der Waals surface area contributed by atoms with Gasteiger partial charge in [-0.3, -0.25) is 4.98 Å². The number of pyridine rings is 1. The van der Waals surface area contributed by atoms with E-state index in [9.17, 15) is 0 Å². The molecule has 0 atom stereocenters. The van der Waals surface area contributed by atoms with Crippen LogP contribution in [-0.4, -0.2) is 19.7 Å². The molecule has 0 radical (unpaired) electrons. The van der Waals surface area contributed by atoms with Crippen LogP contribution in [0.25, 0.3) is 39.4 Å². The molecule has 0 saturated carbocycles. The molecule has 2 aromatic carbocycles. The van der Waals surface area contributed by atoms with E-state index in [1.54, 1.807) is 0 Å². The molecule has 3 heterocycles. The minimum absolute atomic E-state index is 0.501. The summed E-state index contributed by atoms with van der Waals surface area (Å²) in [4.78, 5) is 9.19. The van der Waals surface area contributed by atoms with Crippen molar-refractivity contribution in [1.29, 1.82) is 0 Å². The van der Waals surface area contributed by atoms with Crippen molar-refractivity contribution in [1.82, 2.24) is 19.7 Å². The Kier molecular flexibility index (Phi) is 3.57. The normalized spacial score (nSPS) is 11.1. The highest BCUT2D eigenvalue weighted by atomic mass is 16.5. The standard InChI is InChI=1S/C22H16N4O/c1-15-14-19(18-6-2-3-7-20(18)23-15)22-24-21(25-27-22)16-8-10-17(11-9-16)26-12-4-5-13-26/h2-14H,1H3. The average Bonchev–Trinajstić information content (AvgIpc) is 3.40. The van der Waals surface area contributed by atoms with Gasteiger partial charge in [0.1, 0.15) is 0 Å². The van der Waals surface area contributed by atoms with E-state index in [4.69, 9.17) is 4.52 Å². The summed E-state index contributed by atoms with van der Waals surface area (Å²) in [5, 5.41) is 5.18. The summed E-state index contributed by atoms with van der Waals surface area (Å²) in [6.45, 7) is 1.97. The maximum Gasteiger partial charge on any atom is 0.258 e. The van der Waals surface area contributed by atoms with Crippen LogP contribution in [0.5, 0.6) is 0 Å². The highest BCUT2D eigenvalue weighted by Gasteiger charge is 2.14. The summed E-state index contributed by atoms with van der Waals surface area (Å²) in [5.41, 5.74) is 4.74. The second-order valence-corrected chi connectivity index (χ2v) is 6.39. The maximum absolute atomic E-state index is 5.58. The summed E-state index contributed by atoms with van der Waals surface area (Å²) in [7, 11) is 0. The van der Waals surface area contributed by atoms with Gasteiger partial charge in [0.15, 0.2) is 0 Å². The highest BCUT2D eigenvalue weighted by Crippen LogP contribution is 2.29. The van der Waals surface area contributed by atoms with Gasteiger partial charge in [-0.15, -0.1) is 0 Å². The zero-order valence-corrected chi connectivity index (χ0v) is 14.7. The van der Waals surface area contributed by atoms with E-state index >= 15 is 0 Å². The van der Waals surface area contributed by atoms with Crippen molar-refractivity contribution in [3.63, 3.8) is 0 Å². The van der Waals surface area contributed by atoms with Gasteiger partial charge in [0.05, 0.1) is 11.1 Å². The number of aryl methyl sites for hydroxylation is 1. The molecule has 0 amide bonds. The highest BCUT2D eigenvalue weighted by molar-refractivity contribution is 5.92. The maximum atomic E-state index is 5.58. The number of para-hydroxylation sites is 1. The Hall–Kier alpha value is -3.73. The van der Waals surface area contributed by atoms with Crippen LogP contribution < -0.4 is 0 Å². The Labute approximate surface area is 155 Å². The zero-order chi connectivity index (χ0) is 18.2. The average molecular weight is 352 g/mol. The van der Waals surface area contributed by atoms with Crippen LogP contribution in [0.4, 0.5) is 0 Å². The van der Waals surface area contributed by atoms with Gasteiger partial charge >= 0.3 is 0 Å². The first-order valence-corrected chi connectivity index (χ1v) is 8.72. The second-order valence-electron chi connectivity index (χ2n) is 6.39. The van der Waals surface area contributed by atoms with Crippen LogP contribution in [-0.2, 0) is 0 Å². The van der Waals surface area contributed by atoms with Crippen LogP contribution in [0.2, 0.25) is 0 Å². The number of hydrogen-bond acceptors (Lipinski definition) is 4. The molecular weight excluding hydrogens is 336 g/mol. The van der Waals surface area contributed by atoms with E-state index in [0.717, 1.165) is 33.4 Å². The van der Waals surface area contributed by atoms with E-state index in [2.05, 4.69) is 19.7 Å². The Bertz CT molecular complexity index is 1220. The molecule has 0 aliphatic rings. The van der Waals surface area contributed by atoms with Crippen LogP contribution in [0.3, 0.4) is 0 Å². The molecule has 130 valence electrons. The molecule has 3 aromatic heterocycles. The molecule has 0 saturated heterocycles. The molecule has 27 heavy (non-hydrogen) atoms. The summed E-state index contributed by atoms with van der Waals surface area (Å²) >= 11 is 0. The monoisotopic (exact) mass is 352 g/mol. The topological polar surface area (TPSA) is 56.7 Å². The van der Waals surface area contributed by atoms with E-state index in [1.807, 2.05) is 86.0 Å². The van der Waals surface area contributed by atoms with Gasteiger partial charge in [0, 0.05) is 34.7 Å². The number of benzene rings is 2. The van der Waals surface area contributed by atoms with Crippen LogP contribution in [0.1, 0.15) is 5.69 Å². The SMILES string of the molecule is Cc1cc(-c2nc(-c3ccc(-n4cccc4)cc3)no2)c2ccccc2n1. The van der Waals surface area contributed by atoms with Gasteiger partial charge in [-0.25, -0.2) is 0 Å². The first-order valence-electron chi connectivity index (χ1n) is 8.72. The number of fused-ring (bicyclic) bond motifs is 1. The summed E-state index contributed by atoms with van der Waals surface area (Å²) in [6, 6.07) is 22.0. The van der Waals surface area contributed by atoms with E-state index in [0.29, 0.717) is 11.7 Å².